The Morgan fingerprint density at radius 3 is 2.50 bits per heavy atom. The summed E-state index contributed by atoms with van der Waals surface area (Å²) in [4.78, 5) is 0. The number of hydrogen-bond acceptors (Lipinski definition) is 2. The van der Waals surface area contributed by atoms with Gasteiger partial charge in [0.25, 0.3) is 5.69 Å². The fraction of sp³-hybridized carbons (Fsp3) is 0.0625. The van der Waals surface area contributed by atoms with Gasteiger partial charge in [0.1, 0.15) is 6.20 Å². The van der Waals surface area contributed by atoms with Gasteiger partial charge in [0.15, 0.2) is 0 Å². The zero-order valence-corrected chi connectivity index (χ0v) is 12.6. The highest BCUT2D eigenvalue weighted by molar-refractivity contribution is 6.31. The normalized spacial score (nSPS) is 21.5. The van der Waals surface area contributed by atoms with E-state index in [0.29, 0.717) is 15.0 Å². The summed E-state index contributed by atoms with van der Waals surface area (Å²) in [6.45, 7) is 0. The Morgan fingerprint density at radius 2 is 1.79 bits per heavy atom. The first-order valence-corrected chi connectivity index (χ1v) is 7.24. The molecule has 0 amide bonds. The minimum Gasteiger partial charge on any atom is -0.614 e. The van der Waals surface area contributed by atoms with E-state index in [4.69, 9.17) is 11.6 Å². The summed E-state index contributed by atoms with van der Waals surface area (Å²) in [5.41, 5.74) is -0.580. The molecule has 0 N–H and O–H groups in total. The third kappa shape index (κ3) is 1.99. The number of nitrogens with zero attached hydrogens (tertiary/aromatic N) is 2. The Labute approximate surface area is 138 Å². The molecule has 4 nitrogen and oxygen atoms in total. The zero-order valence-electron chi connectivity index (χ0n) is 11.8. The molecule has 8 heteroatoms. The van der Waals surface area contributed by atoms with Gasteiger partial charge in [-0.2, -0.15) is 13.2 Å². The largest absolute Gasteiger partial charge is 0.614 e. The van der Waals surface area contributed by atoms with Crippen molar-refractivity contribution in [2.75, 3.05) is 0 Å². The van der Waals surface area contributed by atoms with Crippen LogP contribution in [0.25, 0.3) is 12.3 Å². The van der Waals surface area contributed by atoms with Gasteiger partial charge in [0, 0.05) is 27.6 Å². The molecule has 2 aromatic rings. The van der Waals surface area contributed by atoms with E-state index in [-0.39, 0.29) is 22.4 Å². The van der Waals surface area contributed by atoms with Gasteiger partial charge in [-0.25, -0.2) is 4.65 Å². The third-order valence-corrected chi connectivity index (χ3v) is 4.32. The highest BCUT2D eigenvalue weighted by atomic mass is 35.5. The van der Waals surface area contributed by atoms with Gasteiger partial charge < -0.3 is 10.4 Å². The molecule has 1 atom stereocenters. The first-order chi connectivity index (χ1) is 11.2. The van der Waals surface area contributed by atoms with Crippen LogP contribution in [-0.2, 0) is 6.18 Å². The molecular formula is C16H8ClF3N2O2. The number of hydroxylamine groups is 2. The lowest BCUT2D eigenvalue weighted by Crippen LogP contribution is -2.50. The van der Waals surface area contributed by atoms with Crippen LogP contribution in [0.2, 0.25) is 5.02 Å². The second-order valence-electron chi connectivity index (χ2n) is 5.56. The van der Waals surface area contributed by atoms with Crippen LogP contribution < -0.4 is 15.1 Å². The molecule has 0 fully saturated rings. The molecule has 0 aliphatic carbocycles. The van der Waals surface area contributed by atoms with Gasteiger partial charge in [0.05, 0.1) is 11.6 Å². The van der Waals surface area contributed by atoms with E-state index in [1.54, 1.807) is 0 Å². The summed E-state index contributed by atoms with van der Waals surface area (Å²) in [6, 6.07) is 7.36. The molecule has 2 aliphatic rings. The van der Waals surface area contributed by atoms with Crippen LogP contribution in [0, 0.1) is 10.4 Å². The summed E-state index contributed by atoms with van der Waals surface area (Å²) in [6.07, 6.45) is -2.09. The fourth-order valence-corrected chi connectivity index (χ4v) is 3.11. The van der Waals surface area contributed by atoms with Crippen LogP contribution in [0.4, 0.5) is 24.5 Å². The smallest absolute Gasteiger partial charge is 0.416 e. The van der Waals surface area contributed by atoms with E-state index in [9.17, 15) is 23.6 Å². The van der Waals surface area contributed by atoms with Gasteiger partial charge in [0.2, 0.25) is 5.69 Å². The van der Waals surface area contributed by atoms with E-state index < -0.39 is 16.4 Å². The third-order valence-electron chi connectivity index (χ3n) is 4.08. The first-order valence-electron chi connectivity index (χ1n) is 6.87. The number of quaternary nitrogens is 1. The Hall–Kier alpha value is -2.35. The van der Waals surface area contributed by atoms with E-state index >= 15 is 0 Å². The van der Waals surface area contributed by atoms with Crippen LogP contribution >= 0.6 is 11.6 Å². The number of rotatable bonds is 0. The number of alkyl halides is 3. The number of halogens is 4. The lowest BCUT2D eigenvalue weighted by atomic mass is 10.1. The summed E-state index contributed by atoms with van der Waals surface area (Å²) < 4.78 is 37.8. The maximum absolute atomic E-state index is 13.2. The standard InChI is InChI=1S/C16H8ClF3N2O2/c17-12-3-4-14-13(7-12)21(23)15-6-10-5-11(16(18,19)20)2-1-9(10)8-22(14,15)24/h1-8H. The quantitative estimate of drug-likeness (QED) is 0.416. The molecule has 0 saturated heterocycles. The maximum atomic E-state index is 13.2. The lowest BCUT2D eigenvalue weighted by Gasteiger charge is -2.30. The van der Waals surface area contributed by atoms with E-state index in [2.05, 4.69) is 0 Å². The Morgan fingerprint density at radius 1 is 1.04 bits per heavy atom. The van der Waals surface area contributed by atoms with Crippen LogP contribution in [0.5, 0.6) is 0 Å². The Bertz CT molecular complexity index is 1050. The fourth-order valence-electron chi connectivity index (χ4n) is 2.94. The number of amidine groups is 1. The second-order valence-corrected chi connectivity index (χ2v) is 5.99. The van der Waals surface area contributed by atoms with Crippen LogP contribution in [0.3, 0.4) is 0 Å². The van der Waals surface area contributed by atoms with Gasteiger partial charge in [-0.1, -0.05) is 11.6 Å². The van der Waals surface area contributed by atoms with Crippen LogP contribution in [0.15, 0.2) is 36.4 Å². The van der Waals surface area contributed by atoms with E-state index in [1.807, 2.05) is 0 Å². The van der Waals surface area contributed by atoms with Crippen molar-refractivity contribution in [1.29, 1.82) is 0 Å². The van der Waals surface area contributed by atoms with Crippen molar-refractivity contribution in [2.45, 2.75) is 6.18 Å². The minimum atomic E-state index is -4.50. The monoisotopic (exact) mass is 352 g/mol. The Balaban J connectivity index is 2.02. The highest BCUT2D eigenvalue weighted by Gasteiger charge is 2.45. The summed E-state index contributed by atoms with van der Waals surface area (Å²) in [7, 11) is 0. The molecule has 2 aliphatic heterocycles. The minimum absolute atomic E-state index is 0.0869. The van der Waals surface area contributed by atoms with Crippen molar-refractivity contribution in [3.05, 3.63) is 67.8 Å². The van der Waals surface area contributed by atoms with Crippen molar-refractivity contribution < 1.29 is 17.9 Å². The number of fused-ring (bicyclic) bond motifs is 4. The van der Waals surface area contributed by atoms with Gasteiger partial charge in [-0.15, -0.1) is 4.74 Å². The molecule has 4 rings (SSSR count). The lowest BCUT2D eigenvalue weighted by molar-refractivity contribution is -0.356. The van der Waals surface area contributed by atoms with Crippen molar-refractivity contribution in [2.24, 2.45) is 0 Å². The maximum Gasteiger partial charge on any atom is 0.416 e. The van der Waals surface area contributed by atoms with Gasteiger partial charge >= 0.3 is 12.0 Å². The summed E-state index contributed by atoms with van der Waals surface area (Å²) >= 11 is 5.86. The van der Waals surface area contributed by atoms with Gasteiger partial charge in [-0.05, 0) is 24.3 Å². The summed E-state index contributed by atoms with van der Waals surface area (Å²) in [5, 5.41) is 26.4. The van der Waals surface area contributed by atoms with Crippen LogP contribution in [0.1, 0.15) is 5.56 Å². The van der Waals surface area contributed by atoms with E-state index in [1.165, 1.54) is 36.5 Å². The molecule has 0 aromatic heterocycles. The highest BCUT2D eigenvalue weighted by Crippen LogP contribution is 2.42. The molecule has 0 saturated carbocycles. The predicted octanol–water partition coefficient (Wildman–Crippen LogP) is 2.95. The molecule has 2 heterocycles. The topological polar surface area (TPSA) is 49.1 Å². The molecule has 122 valence electrons. The average Bonchev–Trinajstić information content (AvgIpc) is 2.71. The molecule has 2 aromatic carbocycles. The second kappa shape index (κ2) is 4.60. The molecule has 1 unspecified atom stereocenters. The van der Waals surface area contributed by atoms with Crippen molar-refractivity contribution in [1.82, 2.24) is 4.65 Å². The molecule has 0 bridgehead atoms. The molecule has 0 spiro atoms. The van der Waals surface area contributed by atoms with Crippen molar-refractivity contribution in [3.63, 3.8) is 0 Å². The van der Waals surface area contributed by atoms with Crippen molar-refractivity contribution in [3.8, 4) is 0 Å². The average molecular weight is 353 g/mol. The molecule has 24 heavy (non-hydrogen) atoms. The van der Waals surface area contributed by atoms with Gasteiger partial charge in [-0.3, -0.25) is 0 Å². The predicted molar refractivity (Wildman–Crippen MR) is 84.5 cm³/mol. The molecular weight excluding hydrogens is 345 g/mol. The zero-order chi connectivity index (χ0) is 17.3. The summed E-state index contributed by atoms with van der Waals surface area (Å²) in [5.74, 6) is -0.223. The molecule has 0 radical (unpaired) electrons. The van der Waals surface area contributed by atoms with E-state index in [0.717, 1.165) is 12.1 Å². The SMILES string of the molecule is [O-][N+]1=C2C=c3cc(C(F)(F)F)ccc3=C[N+]2([O-])c2ccc(Cl)cc21. The Kier molecular flexibility index (Phi) is 2.91. The number of benzene rings is 2. The van der Waals surface area contributed by atoms with Crippen LogP contribution in [-0.4, -0.2) is 10.6 Å². The van der Waals surface area contributed by atoms with Crippen molar-refractivity contribution >= 4 is 41.1 Å². The number of hydrogen-bond donors (Lipinski definition) is 0. The first kappa shape index (κ1) is 15.2.